The van der Waals surface area contributed by atoms with Crippen molar-refractivity contribution in [3.8, 4) is 0 Å². The average Bonchev–Trinajstić information content (AvgIpc) is 2.15. The Labute approximate surface area is 73.6 Å². The van der Waals surface area contributed by atoms with Crippen LogP contribution in [-0.4, -0.2) is 44.4 Å². The molecule has 1 aliphatic rings. The van der Waals surface area contributed by atoms with Gasteiger partial charge in [-0.3, -0.25) is 0 Å². The summed E-state index contributed by atoms with van der Waals surface area (Å²) in [4.78, 5) is 7.16. The Morgan fingerprint density at radius 3 is 2.58 bits per heavy atom. The number of likely N-dealkylation sites (tertiary alicyclic amines) is 1. The zero-order valence-corrected chi connectivity index (χ0v) is 7.66. The van der Waals surface area contributed by atoms with E-state index in [-0.39, 0.29) is 6.10 Å². The summed E-state index contributed by atoms with van der Waals surface area (Å²) >= 11 is 0. The van der Waals surface area contributed by atoms with E-state index in [9.17, 15) is 0 Å². The summed E-state index contributed by atoms with van der Waals surface area (Å²) in [7, 11) is 1.73. The first-order chi connectivity index (χ1) is 5.86. The predicted molar refractivity (Wildman–Crippen MR) is 46.6 cm³/mol. The van der Waals surface area contributed by atoms with Crippen molar-refractivity contribution in [2.45, 2.75) is 18.9 Å². The molecule has 0 saturated carbocycles. The molecular weight excluding hydrogens is 156 g/mol. The minimum absolute atomic E-state index is 0.267. The highest BCUT2D eigenvalue weighted by atomic mass is 16.6. The third-order valence-corrected chi connectivity index (χ3v) is 2.34. The van der Waals surface area contributed by atoms with Crippen LogP contribution in [0.15, 0.2) is 0 Å². The first-order valence-corrected chi connectivity index (χ1v) is 4.43. The molecule has 0 bridgehead atoms. The topological polar surface area (TPSA) is 47.7 Å². The van der Waals surface area contributed by atoms with Gasteiger partial charge in [0.25, 0.3) is 0 Å². The fourth-order valence-corrected chi connectivity index (χ4v) is 1.49. The van der Waals surface area contributed by atoms with Crippen LogP contribution in [0.25, 0.3) is 0 Å². The maximum atomic E-state index is 5.11. The highest BCUT2D eigenvalue weighted by Crippen LogP contribution is 2.11. The van der Waals surface area contributed by atoms with Gasteiger partial charge in [-0.05, 0) is 12.8 Å². The van der Waals surface area contributed by atoms with E-state index in [0.717, 1.165) is 39.1 Å². The zero-order chi connectivity index (χ0) is 8.81. The molecule has 0 aromatic carbocycles. The molecule has 0 aromatic heterocycles. The Morgan fingerprint density at radius 1 is 1.42 bits per heavy atom. The van der Waals surface area contributed by atoms with Crippen LogP contribution in [0.1, 0.15) is 12.8 Å². The molecule has 0 unspecified atom stereocenters. The van der Waals surface area contributed by atoms with Gasteiger partial charge in [-0.1, -0.05) is 0 Å². The number of nitrogens with zero attached hydrogens (tertiary/aromatic N) is 1. The van der Waals surface area contributed by atoms with E-state index < -0.39 is 0 Å². The first kappa shape index (κ1) is 9.92. The van der Waals surface area contributed by atoms with Crippen LogP contribution in [-0.2, 0) is 9.57 Å². The summed E-state index contributed by atoms with van der Waals surface area (Å²) in [5, 5.41) is 0. The molecule has 2 N–H and O–H groups in total. The standard InChI is InChI=1S/C8H18N2O2/c1-11-7-6-10-4-2-8(12-9)3-5-10/h8H,2-7,9H2,1H3. The lowest BCUT2D eigenvalue weighted by molar-refractivity contribution is 0.00226. The number of hydrogen-bond donors (Lipinski definition) is 1. The summed E-state index contributed by atoms with van der Waals surface area (Å²) in [6.45, 7) is 3.98. The molecule has 4 heteroatoms. The third kappa shape index (κ3) is 3.06. The molecular formula is C8H18N2O2. The molecule has 0 radical (unpaired) electrons. The van der Waals surface area contributed by atoms with Crippen molar-refractivity contribution >= 4 is 0 Å². The third-order valence-electron chi connectivity index (χ3n) is 2.34. The maximum absolute atomic E-state index is 5.11. The lowest BCUT2D eigenvalue weighted by atomic mass is 10.1. The summed E-state index contributed by atoms with van der Waals surface area (Å²) in [5.74, 6) is 5.11. The Balaban J connectivity index is 2.09. The van der Waals surface area contributed by atoms with E-state index in [1.165, 1.54) is 0 Å². The van der Waals surface area contributed by atoms with Crippen molar-refractivity contribution in [3.63, 3.8) is 0 Å². The molecule has 1 aliphatic heterocycles. The average molecular weight is 174 g/mol. The van der Waals surface area contributed by atoms with E-state index >= 15 is 0 Å². The van der Waals surface area contributed by atoms with Gasteiger partial charge in [-0.25, -0.2) is 5.90 Å². The second-order valence-electron chi connectivity index (χ2n) is 3.17. The lowest BCUT2D eigenvalue weighted by Gasteiger charge is -2.30. The number of piperidine rings is 1. The normalized spacial score (nSPS) is 21.5. The second kappa shape index (κ2) is 5.48. The zero-order valence-electron chi connectivity index (χ0n) is 7.66. The summed E-state index contributed by atoms with van der Waals surface area (Å²) in [5.41, 5.74) is 0. The van der Waals surface area contributed by atoms with Crippen LogP contribution >= 0.6 is 0 Å². The quantitative estimate of drug-likeness (QED) is 0.609. The molecule has 72 valence electrons. The SMILES string of the molecule is COCCN1CCC(ON)CC1. The van der Waals surface area contributed by atoms with Crippen molar-refractivity contribution in [2.75, 3.05) is 33.4 Å². The first-order valence-electron chi connectivity index (χ1n) is 4.43. The molecule has 0 aliphatic carbocycles. The highest BCUT2D eigenvalue weighted by Gasteiger charge is 2.18. The molecule has 1 rings (SSSR count). The fourth-order valence-electron chi connectivity index (χ4n) is 1.49. The largest absolute Gasteiger partial charge is 0.383 e. The molecule has 0 amide bonds. The van der Waals surface area contributed by atoms with Gasteiger partial charge < -0.3 is 14.5 Å². The van der Waals surface area contributed by atoms with Crippen molar-refractivity contribution in [1.29, 1.82) is 0 Å². The predicted octanol–water partition coefficient (Wildman–Crippen LogP) is -0.0125. The Kier molecular flexibility index (Phi) is 4.53. The molecule has 0 atom stereocenters. The van der Waals surface area contributed by atoms with Gasteiger partial charge in [0.2, 0.25) is 0 Å². The van der Waals surface area contributed by atoms with Gasteiger partial charge in [0.05, 0.1) is 12.7 Å². The molecule has 1 heterocycles. The van der Waals surface area contributed by atoms with Crippen LogP contribution in [0.4, 0.5) is 0 Å². The van der Waals surface area contributed by atoms with Gasteiger partial charge in [0, 0.05) is 26.7 Å². The smallest absolute Gasteiger partial charge is 0.0811 e. The number of hydrogen-bond acceptors (Lipinski definition) is 4. The Hall–Kier alpha value is -0.160. The molecule has 4 nitrogen and oxygen atoms in total. The number of rotatable bonds is 4. The van der Waals surface area contributed by atoms with E-state index in [2.05, 4.69) is 4.90 Å². The van der Waals surface area contributed by atoms with E-state index in [1.54, 1.807) is 7.11 Å². The molecule has 1 saturated heterocycles. The minimum Gasteiger partial charge on any atom is -0.383 e. The Morgan fingerprint density at radius 2 is 2.08 bits per heavy atom. The van der Waals surface area contributed by atoms with Gasteiger partial charge in [-0.15, -0.1) is 0 Å². The molecule has 12 heavy (non-hydrogen) atoms. The summed E-state index contributed by atoms with van der Waals surface area (Å²) < 4.78 is 5.00. The van der Waals surface area contributed by atoms with Gasteiger partial charge >= 0.3 is 0 Å². The molecule has 0 aromatic rings. The van der Waals surface area contributed by atoms with Gasteiger partial charge in [-0.2, -0.15) is 0 Å². The maximum Gasteiger partial charge on any atom is 0.0811 e. The van der Waals surface area contributed by atoms with Crippen LogP contribution < -0.4 is 5.90 Å². The summed E-state index contributed by atoms with van der Waals surface area (Å²) in [6, 6.07) is 0. The minimum atomic E-state index is 0.267. The number of ether oxygens (including phenoxy) is 1. The fraction of sp³-hybridized carbons (Fsp3) is 1.00. The number of nitrogens with two attached hydrogens (primary N) is 1. The van der Waals surface area contributed by atoms with E-state index in [4.69, 9.17) is 15.5 Å². The summed E-state index contributed by atoms with van der Waals surface area (Å²) in [6.07, 6.45) is 2.35. The molecule has 1 fully saturated rings. The monoisotopic (exact) mass is 174 g/mol. The van der Waals surface area contributed by atoms with Crippen LogP contribution in [0.3, 0.4) is 0 Å². The van der Waals surface area contributed by atoms with Crippen molar-refractivity contribution in [3.05, 3.63) is 0 Å². The van der Waals surface area contributed by atoms with E-state index in [1.807, 2.05) is 0 Å². The van der Waals surface area contributed by atoms with Gasteiger partial charge in [0.15, 0.2) is 0 Å². The Bertz CT molecular complexity index is 114. The van der Waals surface area contributed by atoms with Crippen molar-refractivity contribution in [1.82, 2.24) is 4.90 Å². The van der Waals surface area contributed by atoms with Crippen molar-refractivity contribution in [2.24, 2.45) is 5.90 Å². The van der Waals surface area contributed by atoms with Crippen LogP contribution in [0.5, 0.6) is 0 Å². The highest BCUT2D eigenvalue weighted by molar-refractivity contribution is 4.71. The number of methoxy groups -OCH3 is 1. The van der Waals surface area contributed by atoms with Crippen LogP contribution in [0, 0.1) is 0 Å². The molecule has 0 spiro atoms. The van der Waals surface area contributed by atoms with E-state index in [0.29, 0.717) is 0 Å². The second-order valence-corrected chi connectivity index (χ2v) is 3.17. The van der Waals surface area contributed by atoms with Gasteiger partial charge in [0.1, 0.15) is 0 Å². The van der Waals surface area contributed by atoms with Crippen LogP contribution in [0.2, 0.25) is 0 Å². The van der Waals surface area contributed by atoms with Crippen molar-refractivity contribution < 1.29 is 9.57 Å². The lowest BCUT2D eigenvalue weighted by Crippen LogP contribution is -2.39.